The van der Waals surface area contributed by atoms with Crippen LogP contribution >= 0.6 is 11.6 Å². The molecule has 2 aliphatic rings. The molecule has 0 aromatic heterocycles. The van der Waals surface area contributed by atoms with Crippen molar-refractivity contribution in [3.05, 3.63) is 34.9 Å². The smallest absolute Gasteiger partial charge is 0.279 e. The summed E-state index contributed by atoms with van der Waals surface area (Å²) in [7, 11) is -3.38. The van der Waals surface area contributed by atoms with Gasteiger partial charge in [0.05, 0.1) is 0 Å². The average molecular weight is 400 g/mol. The monoisotopic (exact) mass is 399 g/mol. The van der Waals surface area contributed by atoms with Crippen LogP contribution < -0.4 is 4.72 Å². The molecule has 0 spiro atoms. The summed E-state index contributed by atoms with van der Waals surface area (Å²) in [6, 6.07) is 7.97. The zero-order chi connectivity index (χ0) is 18.7. The van der Waals surface area contributed by atoms with Crippen LogP contribution in [0.3, 0.4) is 0 Å². The molecule has 7 heteroatoms. The van der Waals surface area contributed by atoms with E-state index >= 15 is 0 Å². The number of nitrogens with zero attached hydrogens (tertiary/aromatic N) is 2. The lowest BCUT2D eigenvalue weighted by atomic mass is 9.94. The second-order valence-corrected chi connectivity index (χ2v) is 10.2. The Balaban J connectivity index is 1.49. The lowest BCUT2D eigenvalue weighted by molar-refractivity contribution is 0.193. The van der Waals surface area contributed by atoms with Gasteiger partial charge >= 0.3 is 0 Å². The molecular formula is C19H30ClN3O2S. The molecule has 2 atom stereocenters. The molecule has 3 rings (SSSR count). The molecule has 2 heterocycles. The number of piperidine rings is 2. The molecule has 2 unspecified atom stereocenters. The van der Waals surface area contributed by atoms with Gasteiger partial charge in [0.25, 0.3) is 10.2 Å². The predicted octanol–water partition coefficient (Wildman–Crippen LogP) is 3.12. The van der Waals surface area contributed by atoms with Gasteiger partial charge in [-0.1, -0.05) is 37.6 Å². The number of halogens is 1. The van der Waals surface area contributed by atoms with Gasteiger partial charge in [0.2, 0.25) is 0 Å². The van der Waals surface area contributed by atoms with Gasteiger partial charge in [-0.25, -0.2) is 0 Å². The maximum Gasteiger partial charge on any atom is 0.279 e. The van der Waals surface area contributed by atoms with Gasteiger partial charge in [-0.15, -0.1) is 0 Å². The van der Waals surface area contributed by atoms with Gasteiger partial charge in [0, 0.05) is 43.8 Å². The Morgan fingerprint density at radius 3 is 2.23 bits per heavy atom. The summed E-state index contributed by atoms with van der Waals surface area (Å²) in [5, 5.41) is 0.753. The van der Waals surface area contributed by atoms with E-state index in [4.69, 9.17) is 11.6 Å². The van der Waals surface area contributed by atoms with Crippen LogP contribution in [-0.4, -0.2) is 49.8 Å². The van der Waals surface area contributed by atoms with Gasteiger partial charge in [-0.05, 0) is 48.8 Å². The Morgan fingerprint density at radius 1 is 1.08 bits per heavy atom. The predicted molar refractivity (Wildman–Crippen MR) is 106 cm³/mol. The quantitative estimate of drug-likeness (QED) is 0.827. The summed E-state index contributed by atoms with van der Waals surface area (Å²) in [4.78, 5) is 2.37. The molecule has 0 radical (unpaired) electrons. The van der Waals surface area contributed by atoms with E-state index in [2.05, 4.69) is 35.6 Å². The Labute approximate surface area is 162 Å². The van der Waals surface area contributed by atoms with Crippen LogP contribution in [0.25, 0.3) is 0 Å². The van der Waals surface area contributed by atoms with Crippen LogP contribution in [0.5, 0.6) is 0 Å². The van der Waals surface area contributed by atoms with E-state index in [1.165, 1.54) is 5.56 Å². The van der Waals surface area contributed by atoms with Crippen molar-refractivity contribution in [3.8, 4) is 0 Å². The van der Waals surface area contributed by atoms with Crippen molar-refractivity contribution in [2.45, 2.75) is 45.7 Å². The SMILES string of the molecule is CC1CC(C)CN(S(=O)(=O)NC2CCN(Cc3ccc(Cl)cc3)CC2)C1. The fourth-order valence-electron chi connectivity index (χ4n) is 4.14. The molecule has 5 nitrogen and oxygen atoms in total. The van der Waals surface area contributed by atoms with E-state index in [-0.39, 0.29) is 6.04 Å². The summed E-state index contributed by atoms with van der Waals surface area (Å²) in [6.07, 6.45) is 2.81. The van der Waals surface area contributed by atoms with Gasteiger partial charge < -0.3 is 0 Å². The molecule has 2 fully saturated rings. The number of nitrogens with one attached hydrogen (secondary N) is 1. The Hall–Kier alpha value is -0.660. The highest BCUT2D eigenvalue weighted by atomic mass is 35.5. The Bertz CT molecular complexity index is 677. The minimum atomic E-state index is -3.38. The summed E-state index contributed by atoms with van der Waals surface area (Å²) in [6.45, 7) is 8.23. The summed E-state index contributed by atoms with van der Waals surface area (Å²) in [5.41, 5.74) is 1.24. The highest BCUT2D eigenvalue weighted by Crippen LogP contribution is 2.23. The van der Waals surface area contributed by atoms with E-state index in [1.807, 2.05) is 12.1 Å². The van der Waals surface area contributed by atoms with Crippen molar-refractivity contribution in [2.75, 3.05) is 26.2 Å². The zero-order valence-electron chi connectivity index (χ0n) is 15.7. The van der Waals surface area contributed by atoms with E-state index in [1.54, 1.807) is 4.31 Å². The molecule has 0 saturated carbocycles. The van der Waals surface area contributed by atoms with Crippen molar-refractivity contribution in [2.24, 2.45) is 11.8 Å². The molecule has 1 aromatic carbocycles. The van der Waals surface area contributed by atoms with Crippen LogP contribution in [0.4, 0.5) is 0 Å². The highest BCUT2D eigenvalue weighted by molar-refractivity contribution is 7.87. The number of rotatable bonds is 5. The van der Waals surface area contributed by atoms with Gasteiger partial charge in [0.1, 0.15) is 0 Å². The minimum absolute atomic E-state index is 0.0361. The molecule has 0 aliphatic carbocycles. The Morgan fingerprint density at radius 2 is 1.65 bits per heavy atom. The van der Waals surface area contributed by atoms with Crippen LogP contribution in [0.1, 0.15) is 38.7 Å². The molecule has 0 amide bonds. The average Bonchev–Trinajstić information content (AvgIpc) is 2.58. The summed E-state index contributed by atoms with van der Waals surface area (Å²) in [5.74, 6) is 0.855. The van der Waals surface area contributed by atoms with E-state index in [0.29, 0.717) is 24.9 Å². The van der Waals surface area contributed by atoms with Crippen molar-refractivity contribution in [3.63, 3.8) is 0 Å². The first kappa shape index (κ1) is 20.1. The van der Waals surface area contributed by atoms with Crippen molar-refractivity contribution in [1.29, 1.82) is 0 Å². The maximum absolute atomic E-state index is 12.7. The van der Waals surface area contributed by atoms with Crippen molar-refractivity contribution >= 4 is 21.8 Å². The van der Waals surface area contributed by atoms with E-state index in [9.17, 15) is 8.42 Å². The number of benzene rings is 1. The lowest BCUT2D eigenvalue weighted by Gasteiger charge is -2.37. The second kappa shape index (κ2) is 8.57. The van der Waals surface area contributed by atoms with Crippen LogP contribution in [0, 0.1) is 11.8 Å². The molecule has 1 aromatic rings. The standard InChI is InChI=1S/C19H30ClN3O2S/c1-15-11-16(2)13-23(12-15)26(24,25)21-19-7-9-22(10-8-19)14-17-3-5-18(20)6-4-17/h3-6,15-16,19,21H,7-14H2,1-2H3. The molecule has 26 heavy (non-hydrogen) atoms. The van der Waals surface area contributed by atoms with Gasteiger partial charge in [-0.2, -0.15) is 17.4 Å². The van der Waals surface area contributed by atoms with Crippen molar-refractivity contribution in [1.82, 2.24) is 13.9 Å². The molecule has 0 bridgehead atoms. The molecule has 2 aliphatic heterocycles. The first-order valence-corrected chi connectivity index (χ1v) is 11.4. The number of likely N-dealkylation sites (tertiary alicyclic amines) is 1. The first-order valence-electron chi connectivity index (χ1n) is 9.56. The number of hydrogen-bond donors (Lipinski definition) is 1. The van der Waals surface area contributed by atoms with Crippen LogP contribution in [0.2, 0.25) is 5.02 Å². The topological polar surface area (TPSA) is 52.7 Å². The lowest BCUT2D eigenvalue weighted by Crippen LogP contribution is -2.52. The largest absolute Gasteiger partial charge is 0.299 e. The maximum atomic E-state index is 12.7. The van der Waals surface area contributed by atoms with Crippen LogP contribution in [0.15, 0.2) is 24.3 Å². The molecule has 2 saturated heterocycles. The highest BCUT2D eigenvalue weighted by Gasteiger charge is 2.32. The van der Waals surface area contributed by atoms with E-state index in [0.717, 1.165) is 43.9 Å². The summed E-state index contributed by atoms with van der Waals surface area (Å²) < 4.78 is 30.1. The molecule has 1 N–H and O–H groups in total. The Kier molecular flexibility index (Phi) is 6.62. The van der Waals surface area contributed by atoms with Gasteiger partial charge in [0.15, 0.2) is 0 Å². The normalized spacial score (nSPS) is 26.9. The second-order valence-electron chi connectivity index (χ2n) is 8.06. The van der Waals surface area contributed by atoms with Gasteiger partial charge in [-0.3, -0.25) is 4.90 Å². The third-order valence-electron chi connectivity index (χ3n) is 5.40. The fourth-order valence-corrected chi connectivity index (χ4v) is 5.98. The first-order chi connectivity index (χ1) is 12.3. The number of hydrogen-bond acceptors (Lipinski definition) is 3. The van der Waals surface area contributed by atoms with Crippen molar-refractivity contribution < 1.29 is 8.42 Å². The minimum Gasteiger partial charge on any atom is -0.299 e. The van der Waals surface area contributed by atoms with Crippen LogP contribution in [-0.2, 0) is 16.8 Å². The zero-order valence-corrected chi connectivity index (χ0v) is 17.3. The molecular weight excluding hydrogens is 370 g/mol. The third-order valence-corrected chi connectivity index (χ3v) is 7.26. The summed E-state index contributed by atoms with van der Waals surface area (Å²) >= 11 is 5.93. The fraction of sp³-hybridized carbons (Fsp3) is 0.684. The van der Waals surface area contributed by atoms with E-state index < -0.39 is 10.2 Å². The third kappa shape index (κ3) is 5.42. The molecule has 146 valence electrons.